The fraction of sp³-hybridized carbons (Fsp3) is 0.692. The van der Waals surface area contributed by atoms with Gasteiger partial charge in [0.1, 0.15) is 5.82 Å². The highest BCUT2D eigenvalue weighted by atomic mass is 32.1. The van der Waals surface area contributed by atoms with Gasteiger partial charge in [-0.05, 0) is 48.3 Å². The van der Waals surface area contributed by atoms with Crippen molar-refractivity contribution in [3.8, 4) is 0 Å². The van der Waals surface area contributed by atoms with Gasteiger partial charge in [0.2, 0.25) is 0 Å². The van der Waals surface area contributed by atoms with Crippen LogP contribution in [-0.2, 0) is 4.74 Å². The number of hydrogen-bond acceptors (Lipinski definition) is 6. The molecule has 0 amide bonds. The van der Waals surface area contributed by atoms with Crippen molar-refractivity contribution in [1.29, 1.82) is 0 Å². The second-order valence-corrected chi connectivity index (χ2v) is 17.6. The van der Waals surface area contributed by atoms with Crippen LogP contribution in [0, 0.1) is 0 Å². The molecule has 5 rings (SSSR count). The number of anilines is 1. The first kappa shape index (κ1) is 23.5. The summed E-state index contributed by atoms with van der Waals surface area (Å²) in [5.74, 6) is 2.21. The zero-order chi connectivity index (χ0) is 23.2. The first-order valence-corrected chi connectivity index (χ1v) is 16.6. The van der Waals surface area contributed by atoms with E-state index in [-0.39, 0.29) is 5.04 Å². The molecule has 180 valence electrons. The van der Waals surface area contributed by atoms with Crippen molar-refractivity contribution in [2.45, 2.75) is 82.5 Å². The minimum atomic E-state index is -1.73. The van der Waals surface area contributed by atoms with E-state index in [1.165, 1.54) is 48.3 Å². The Labute approximate surface area is 204 Å². The van der Waals surface area contributed by atoms with Gasteiger partial charge in [-0.2, -0.15) is 0 Å². The van der Waals surface area contributed by atoms with Crippen molar-refractivity contribution in [2.24, 2.45) is 0 Å². The Morgan fingerprint density at radius 2 is 1.79 bits per heavy atom. The number of rotatable bonds is 4. The van der Waals surface area contributed by atoms with Gasteiger partial charge in [0, 0.05) is 48.7 Å². The molecule has 2 aliphatic heterocycles. The molecule has 5 nitrogen and oxygen atoms in total. The molecule has 0 radical (unpaired) electrons. The van der Waals surface area contributed by atoms with Gasteiger partial charge in [-0.15, -0.1) is 11.3 Å². The average molecular weight is 485 g/mol. The molecule has 1 saturated carbocycles. The zero-order valence-electron chi connectivity index (χ0n) is 21.0. The number of pyridine rings is 1. The molecular formula is C26H40N4OSSi. The molecule has 0 N–H and O–H groups in total. The minimum absolute atomic E-state index is 0.277. The van der Waals surface area contributed by atoms with Crippen LogP contribution in [0.25, 0.3) is 0 Å². The van der Waals surface area contributed by atoms with Crippen molar-refractivity contribution in [3.05, 3.63) is 40.0 Å². The Balaban J connectivity index is 1.39. The maximum atomic E-state index is 5.56. The predicted octanol–water partition coefficient (Wildman–Crippen LogP) is 5.85. The van der Waals surface area contributed by atoms with Gasteiger partial charge in [0.25, 0.3) is 0 Å². The molecule has 1 atom stereocenters. The van der Waals surface area contributed by atoms with E-state index < -0.39 is 8.24 Å². The van der Waals surface area contributed by atoms with Crippen molar-refractivity contribution < 1.29 is 4.74 Å². The van der Waals surface area contributed by atoms with Crippen LogP contribution in [0.15, 0.2) is 23.2 Å². The van der Waals surface area contributed by atoms with Crippen molar-refractivity contribution in [1.82, 2.24) is 14.9 Å². The van der Waals surface area contributed by atoms with Crippen LogP contribution in [0.4, 0.5) is 5.82 Å². The van der Waals surface area contributed by atoms with Gasteiger partial charge in [-0.3, -0.25) is 4.90 Å². The summed E-state index contributed by atoms with van der Waals surface area (Å²) in [5.41, 5.74) is 6.07. The molecule has 3 aliphatic rings. The summed E-state index contributed by atoms with van der Waals surface area (Å²) < 4.78 is 8.25. The van der Waals surface area contributed by atoms with Crippen LogP contribution in [0.5, 0.6) is 0 Å². The number of fused-ring (bicyclic) bond motifs is 1. The summed E-state index contributed by atoms with van der Waals surface area (Å²) in [5, 5.41) is 2.52. The predicted molar refractivity (Wildman–Crippen MR) is 140 cm³/mol. The monoisotopic (exact) mass is 484 g/mol. The fourth-order valence-electron chi connectivity index (χ4n) is 5.83. The number of aromatic nitrogens is 2. The second-order valence-electron chi connectivity index (χ2n) is 11.7. The first-order chi connectivity index (χ1) is 15.8. The van der Waals surface area contributed by atoms with E-state index in [1.807, 2.05) is 5.51 Å². The third-order valence-corrected chi connectivity index (χ3v) is 15.0. The molecule has 1 unspecified atom stereocenters. The lowest BCUT2D eigenvalue weighted by Gasteiger charge is -2.45. The quantitative estimate of drug-likeness (QED) is 0.509. The Morgan fingerprint density at radius 1 is 1.06 bits per heavy atom. The smallest absolute Gasteiger partial charge is 0.157 e. The Morgan fingerprint density at radius 3 is 2.42 bits per heavy atom. The molecule has 7 heteroatoms. The van der Waals surface area contributed by atoms with E-state index in [2.05, 4.69) is 61.0 Å². The van der Waals surface area contributed by atoms with Crippen LogP contribution in [0.1, 0.15) is 75.1 Å². The highest BCUT2D eigenvalue weighted by molar-refractivity contribution is 7.07. The Hall–Kier alpha value is -1.28. The summed E-state index contributed by atoms with van der Waals surface area (Å²) >= 11 is 1.71. The van der Waals surface area contributed by atoms with Gasteiger partial charge in [0.15, 0.2) is 8.24 Å². The molecule has 0 aromatic carbocycles. The number of hydrogen-bond donors (Lipinski definition) is 0. The maximum absolute atomic E-state index is 5.56. The van der Waals surface area contributed by atoms with E-state index in [1.54, 1.807) is 11.3 Å². The van der Waals surface area contributed by atoms with Gasteiger partial charge in [-0.1, -0.05) is 33.9 Å². The number of morpholine rings is 1. The highest BCUT2D eigenvalue weighted by Crippen LogP contribution is 2.48. The third kappa shape index (κ3) is 4.42. The molecule has 1 saturated heterocycles. The van der Waals surface area contributed by atoms with Crippen LogP contribution < -0.4 is 4.57 Å². The molecule has 2 fully saturated rings. The van der Waals surface area contributed by atoms with E-state index in [0.717, 1.165) is 38.9 Å². The van der Waals surface area contributed by atoms with Crippen molar-refractivity contribution in [3.63, 3.8) is 0 Å². The molecule has 1 aliphatic carbocycles. The molecule has 2 aromatic heterocycles. The van der Waals surface area contributed by atoms with Crippen LogP contribution >= 0.6 is 11.3 Å². The second kappa shape index (κ2) is 9.06. The van der Waals surface area contributed by atoms with E-state index in [4.69, 9.17) is 14.7 Å². The molecular weight excluding hydrogens is 444 g/mol. The molecule has 33 heavy (non-hydrogen) atoms. The van der Waals surface area contributed by atoms with E-state index in [9.17, 15) is 0 Å². The van der Waals surface area contributed by atoms with Gasteiger partial charge >= 0.3 is 0 Å². The normalized spacial score (nSPS) is 27.1. The number of nitrogens with zero attached hydrogens (tertiary/aromatic N) is 4. The van der Waals surface area contributed by atoms with Gasteiger partial charge in [-0.25, -0.2) is 9.97 Å². The van der Waals surface area contributed by atoms with Gasteiger partial charge < -0.3 is 9.30 Å². The Kier molecular flexibility index (Phi) is 6.44. The summed E-state index contributed by atoms with van der Waals surface area (Å²) in [6.07, 6.45) is 7.36. The third-order valence-electron chi connectivity index (χ3n) is 8.96. The summed E-state index contributed by atoms with van der Waals surface area (Å²) in [7, 11) is -1.73. The van der Waals surface area contributed by atoms with Crippen LogP contribution in [0.2, 0.25) is 18.1 Å². The van der Waals surface area contributed by atoms with Crippen molar-refractivity contribution in [2.75, 3.05) is 37.4 Å². The molecule has 0 spiro atoms. The van der Waals surface area contributed by atoms with Crippen LogP contribution in [-0.4, -0.2) is 62.0 Å². The van der Waals surface area contributed by atoms with Crippen LogP contribution in [0.3, 0.4) is 0 Å². The zero-order valence-corrected chi connectivity index (χ0v) is 22.8. The molecule has 0 bridgehead atoms. The lowest BCUT2D eigenvalue weighted by atomic mass is 9.81. The highest BCUT2D eigenvalue weighted by Gasteiger charge is 2.47. The first-order valence-electron chi connectivity index (χ1n) is 12.7. The average Bonchev–Trinajstić information content (AvgIpc) is 3.47. The molecule has 4 heterocycles. The van der Waals surface area contributed by atoms with Crippen molar-refractivity contribution >= 4 is 25.4 Å². The largest absolute Gasteiger partial charge is 0.381 e. The standard InChI is InChI=1S/C26H40N4OSSi/c1-26(2,3)33(4,5)30-16-23(24-17-32-18-28-24)22-14-20(15-27-25(22)30)19-6-8-21(9-7-19)29-10-12-31-13-11-29/h14-15,17-19,21,23H,6-13,16H2,1-5H3. The van der Waals surface area contributed by atoms with E-state index in [0.29, 0.717) is 11.8 Å². The SMILES string of the molecule is CC(C)(C)[Si](C)(C)N1CC(c2cscn2)c2cc(C3CCC(N4CCOCC4)CC3)cnc21. The summed E-state index contributed by atoms with van der Waals surface area (Å²) in [6.45, 7) is 17.2. The molecule has 2 aromatic rings. The topological polar surface area (TPSA) is 41.5 Å². The summed E-state index contributed by atoms with van der Waals surface area (Å²) in [6, 6.07) is 3.25. The van der Waals surface area contributed by atoms with Gasteiger partial charge in [0.05, 0.1) is 24.4 Å². The maximum Gasteiger partial charge on any atom is 0.157 e. The lowest BCUT2D eigenvalue weighted by Crippen LogP contribution is -2.55. The number of ether oxygens (including phenoxy) is 1. The lowest BCUT2D eigenvalue weighted by molar-refractivity contribution is 0.00729. The minimum Gasteiger partial charge on any atom is -0.381 e. The Bertz CT molecular complexity index is 944. The number of thiazole rings is 1. The van der Waals surface area contributed by atoms with E-state index >= 15 is 0 Å². The summed E-state index contributed by atoms with van der Waals surface area (Å²) in [4.78, 5) is 12.6. The fourth-order valence-corrected chi connectivity index (χ4v) is 8.60.